The molecule has 2 bridgehead atoms. The highest BCUT2D eigenvalue weighted by Crippen LogP contribution is 2.46. The molecule has 16 heavy (non-hydrogen) atoms. The highest BCUT2D eigenvalue weighted by atomic mass is 14.3. The second kappa shape index (κ2) is 4.27. The summed E-state index contributed by atoms with van der Waals surface area (Å²) in [5.41, 5.74) is 3.18. The summed E-state index contributed by atoms with van der Waals surface area (Å²) in [6, 6.07) is 9.08. The summed E-state index contributed by atoms with van der Waals surface area (Å²) in [4.78, 5) is 0. The van der Waals surface area contributed by atoms with Crippen LogP contribution in [0.2, 0.25) is 11.6 Å². The second-order valence-electron chi connectivity index (χ2n) is 5.76. The molecule has 3 rings (SSSR count). The largest absolute Gasteiger partial charge is 0.182 e. The zero-order chi connectivity index (χ0) is 11.0. The minimum atomic E-state index is 0.892. The van der Waals surface area contributed by atoms with Crippen LogP contribution in [0.3, 0.4) is 0 Å². The van der Waals surface area contributed by atoms with Gasteiger partial charge in [-0.05, 0) is 6.92 Å². The van der Waals surface area contributed by atoms with Crippen LogP contribution in [-0.4, -0.2) is 6.71 Å². The molecule has 0 atom stereocenters. The molecule has 2 saturated heterocycles. The van der Waals surface area contributed by atoms with E-state index in [4.69, 9.17) is 0 Å². The molecule has 0 radical (unpaired) electrons. The average molecular weight is 212 g/mol. The molecule has 2 aliphatic rings. The zero-order valence-corrected chi connectivity index (χ0v) is 10.3. The van der Waals surface area contributed by atoms with Crippen LogP contribution in [0.4, 0.5) is 0 Å². The number of rotatable bonds is 1. The Balaban J connectivity index is 1.96. The first-order valence-corrected chi connectivity index (χ1v) is 6.92. The standard InChI is InChI=1S/C15H21B/c1-12-6-2-3-11-15(12)16-13-7-4-8-14(16)10-5-9-13/h2-3,6,11,13-14H,4-5,7-10H2,1H3. The van der Waals surface area contributed by atoms with Gasteiger partial charge in [0.15, 0.2) is 6.71 Å². The van der Waals surface area contributed by atoms with Crippen molar-refractivity contribution in [2.24, 2.45) is 0 Å². The van der Waals surface area contributed by atoms with Gasteiger partial charge in [-0.3, -0.25) is 0 Å². The van der Waals surface area contributed by atoms with E-state index in [0.29, 0.717) is 0 Å². The molecule has 1 aromatic rings. The lowest BCUT2D eigenvalue weighted by molar-refractivity contribution is 0.448. The maximum atomic E-state index is 2.39. The zero-order valence-electron chi connectivity index (χ0n) is 10.3. The normalized spacial score (nSPS) is 29.2. The van der Waals surface area contributed by atoms with Crippen molar-refractivity contribution >= 4 is 12.2 Å². The van der Waals surface area contributed by atoms with Crippen LogP contribution in [0.25, 0.3) is 0 Å². The Morgan fingerprint density at radius 1 is 0.938 bits per heavy atom. The van der Waals surface area contributed by atoms with E-state index in [1.165, 1.54) is 44.1 Å². The van der Waals surface area contributed by atoms with E-state index in [1.807, 2.05) is 0 Å². The average Bonchev–Trinajstić information content (AvgIpc) is 2.28. The smallest absolute Gasteiger partial charge is 0.0766 e. The number of aryl methyl sites for hydroxylation is 1. The second-order valence-corrected chi connectivity index (χ2v) is 5.76. The monoisotopic (exact) mass is 212 g/mol. The van der Waals surface area contributed by atoms with Crippen LogP contribution < -0.4 is 5.46 Å². The minimum absolute atomic E-state index is 0.892. The molecule has 0 aromatic heterocycles. The topological polar surface area (TPSA) is 0 Å². The van der Waals surface area contributed by atoms with Crippen LogP contribution in [0.15, 0.2) is 24.3 Å². The van der Waals surface area contributed by atoms with Gasteiger partial charge in [0.1, 0.15) is 0 Å². The molecular formula is C15H21B. The van der Waals surface area contributed by atoms with E-state index in [9.17, 15) is 0 Å². The lowest BCUT2D eigenvalue weighted by Gasteiger charge is -2.41. The molecule has 0 unspecified atom stereocenters. The van der Waals surface area contributed by atoms with Gasteiger partial charge in [-0.15, -0.1) is 0 Å². The van der Waals surface area contributed by atoms with Crippen molar-refractivity contribution in [3.05, 3.63) is 29.8 Å². The first-order chi connectivity index (χ1) is 7.86. The summed E-state index contributed by atoms with van der Waals surface area (Å²) in [6.45, 7) is 3.18. The van der Waals surface area contributed by atoms with E-state index >= 15 is 0 Å². The van der Waals surface area contributed by atoms with E-state index in [2.05, 4.69) is 31.2 Å². The van der Waals surface area contributed by atoms with E-state index in [1.54, 1.807) is 5.46 Å². The van der Waals surface area contributed by atoms with Crippen LogP contribution in [-0.2, 0) is 0 Å². The van der Waals surface area contributed by atoms with Crippen LogP contribution in [0.1, 0.15) is 44.1 Å². The third kappa shape index (κ3) is 1.71. The fraction of sp³-hybridized carbons (Fsp3) is 0.600. The molecule has 2 heterocycles. The summed E-state index contributed by atoms with van der Waals surface area (Å²) in [6.07, 6.45) is 8.89. The number of hydrogen-bond donors (Lipinski definition) is 0. The Hall–Kier alpha value is -0.715. The first kappa shape index (κ1) is 10.4. The summed E-state index contributed by atoms with van der Waals surface area (Å²) in [5.74, 6) is 1.99. The SMILES string of the molecule is Cc1ccccc1B1C2CCCC1CCC2. The van der Waals surface area contributed by atoms with Crippen LogP contribution in [0.5, 0.6) is 0 Å². The van der Waals surface area contributed by atoms with E-state index in [-0.39, 0.29) is 0 Å². The summed E-state index contributed by atoms with van der Waals surface area (Å²) >= 11 is 0. The maximum absolute atomic E-state index is 2.39. The van der Waals surface area contributed by atoms with Crippen molar-refractivity contribution in [3.63, 3.8) is 0 Å². The van der Waals surface area contributed by atoms with Gasteiger partial charge in [0.25, 0.3) is 0 Å². The molecule has 0 amide bonds. The van der Waals surface area contributed by atoms with Gasteiger partial charge in [0.2, 0.25) is 0 Å². The Morgan fingerprint density at radius 3 is 2.06 bits per heavy atom. The number of fused-ring (bicyclic) bond motifs is 2. The highest BCUT2D eigenvalue weighted by Gasteiger charge is 2.40. The molecule has 0 aliphatic carbocycles. The van der Waals surface area contributed by atoms with E-state index < -0.39 is 0 Å². The fourth-order valence-electron chi connectivity index (χ4n) is 4.14. The molecule has 84 valence electrons. The molecule has 1 aromatic carbocycles. The number of hydrogen-bond acceptors (Lipinski definition) is 0. The highest BCUT2D eigenvalue weighted by molar-refractivity contribution is 6.76. The minimum Gasteiger partial charge on any atom is -0.0766 e. The summed E-state index contributed by atoms with van der Waals surface area (Å²) in [5, 5.41) is 0. The van der Waals surface area contributed by atoms with Crippen molar-refractivity contribution in [3.8, 4) is 0 Å². The van der Waals surface area contributed by atoms with Gasteiger partial charge in [-0.25, -0.2) is 0 Å². The van der Waals surface area contributed by atoms with Crippen molar-refractivity contribution in [1.82, 2.24) is 0 Å². The molecule has 0 spiro atoms. The van der Waals surface area contributed by atoms with Crippen LogP contribution >= 0.6 is 0 Å². The predicted molar refractivity (Wildman–Crippen MR) is 71.8 cm³/mol. The molecule has 0 nitrogen and oxygen atoms in total. The lowest BCUT2D eigenvalue weighted by atomic mass is 9.24. The van der Waals surface area contributed by atoms with Crippen molar-refractivity contribution in [2.45, 2.75) is 57.1 Å². The summed E-state index contributed by atoms with van der Waals surface area (Å²) in [7, 11) is 0. The van der Waals surface area contributed by atoms with Crippen LogP contribution in [0, 0.1) is 6.92 Å². The Morgan fingerprint density at radius 2 is 1.50 bits per heavy atom. The van der Waals surface area contributed by atoms with Crippen molar-refractivity contribution in [1.29, 1.82) is 0 Å². The third-order valence-electron chi connectivity index (χ3n) is 4.86. The number of benzene rings is 1. The quantitative estimate of drug-likeness (QED) is 0.621. The first-order valence-electron chi connectivity index (χ1n) is 6.92. The van der Waals surface area contributed by atoms with Gasteiger partial charge in [0, 0.05) is 0 Å². The molecule has 1 heteroatoms. The van der Waals surface area contributed by atoms with Crippen molar-refractivity contribution in [2.75, 3.05) is 0 Å². The fourth-order valence-corrected chi connectivity index (χ4v) is 4.14. The molecule has 0 saturated carbocycles. The molecule has 0 N–H and O–H groups in total. The van der Waals surface area contributed by atoms with Gasteiger partial charge in [-0.1, -0.05) is 85.5 Å². The molecule has 2 aliphatic heterocycles. The predicted octanol–water partition coefficient (Wildman–Crippen LogP) is 3.81. The summed E-state index contributed by atoms with van der Waals surface area (Å²) < 4.78 is 0. The lowest BCUT2D eigenvalue weighted by Crippen LogP contribution is -2.45. The van der Waals surface area contributed by atoms with Gasteiger partial charge >= 0.3 is 0 Å². The molecule has 2 fully saturated rings. The van der Waals surface area contributed by atoms with Gasteiger partial charge < -0.3 is 0 Å². The maximum Gasteiger partial charge on any atom is 0.182 e. The van der Waals surface area contributed by atoms with Gasteiger partial charge in [0.05, 0.1) is 0 Å². The Bertz CT molecular complexity index is 349. The van der Waals surface area contributed by atoms with Crippen molar-refractivity contribution < 1.29 is 0 Å². The third-order valence-corrected chi connectivity index (χ3v) is 4.86. The van der Waals surface area contributed by atoms with Gasteiger partial charge in [-0.2, -0.15) is 0 Å². The Kier molecular flexibility index (Phi) is 2.79. The molecular weight excluding hydrogens is 191 g/mol. The Labute approximate surface area is 99.5 Å². The van der Waals surface area contributed by atoms with E-state index in [0.717, 1.165) is 18.3 Å².